The molecule has 1 aliphatic heterocycles. The van der Waals surface area contributed by atoms with Crippen LogP contribution in [-0.4, -0.2) is 34.4 Å². The Morgan fingerprint density at radius 3 is 2.30 bits per heavy atom. The van der Waals surface area contributed by atoms with E-state index in [1.165, 1.54) is 0 Å². The summed E-state index contributed by atoms with van der Waals surface area (Å²) in [5.74, 6) is 1.65. The summed E-state index contributed by atoms with van der Waals surface area (Å²) in [6, 6.07) is 11.0. The van der Waals surface area contributed by atoms with Crippen molar-refractivity contribution in [2.75, 3.05) is 14.2 Å². The quantitative estimate of drug-likeness (QED) is 0.694. The average Bonchev–Trinajstić information content (AvgIpc) is 3.19. The maximum Gasteiger partial charge on any atom is 0.328 e. The molecule has 1 saturated heterocycles. The van der Waals surface area contributed by atoms with E-state index in [1.807, 2.05) is 24.3 Å². The SMILES string of the molecule is COc1cc(N=C2NC(=O)S/C2=C\c2ccc3c(c2)n(C)c(=O)n3C)cc(OC)c1. The number of thioether (sulfide) groups is 1. The van der Waals surface area contributed by atoms with Crippen molar-refractivity contribution in [3.8, 4) is 11.5 Å². The van der Waals surface area contributed by atoms with E-state index in [1.54, 1.807) is 55.6 Å². The van der Waals surface area contributed by atoms with E-state index in [4.69, 9.17) is 9.47 Å². The highest BCUT2D eigenvalue weighted by Gasteiger charge is 2.24. The molecule has 2 heterocycles. The second kappa shape index (κ2) is 7.75. The number of hydrogen-bond donors (Lipinski definition) is 1. The van der Waals surface area contributed by atoms with Crippen molar-refractivity contribution < 1.29 is 14.3 Å². The molecule has 0 spiro atoms. The number of ether oxygens (including phenoxy) is 2. The van der Waals surface area contributed by atoms with Gasteiger partial charge in [0.2, 0.25) is 0 Å². The number of aliphatic imine (C=N–C) groups is 1. The number of imidazole rings is 1. The fourth-order valence-electron chi connectivity index (χ4n) is 3.26. The minimum Gasteiger partial charge on any atom is -0.497 e. The van der Waals surface area contributed by atoms with Gasteiger partial charge in [0.25, 0.3) is 5.24 Å². The first-order valence-corrected chi connectivity index (χ1v) is 9.89. The zero-order chi connectivity index (χ0) is 21.4. The van der Waals surface area contributed by atoms with Gasteiger partial charge in [0.05, 0.1) is 35.8 Å². The molecule has 30 heavy (non-hydrogen) atoms. The van der Waals surface area contributed by atoms with Crippen LogP contribution in [0.25, 0.3) is 17.1 Å². The van der Waals surface area contributed by atoms with Crippen LogP contribution < -0.4 is 20.5 Å². The number of nitrogens with zero attached hydrogens (tertiary/aromatic N) is 3. The maximum atomic E-state index is 12.2. The molecule has 0 bridgehead atoms. The molecule has 154 valence electrons. The Kier molecular flexibility index (Phi) is 5.13. The zero-order valence-corrected chi connectivity index (χ0v) is 17.7. The number of nitrogens with one attached hydrogen (secondary N) is 1. The maximum absolute atomic E-state index is 12.2. The number of carbonyl (C=O) groups excluding carboxylic acids is 1. The Hall–Kier alpha value is -3.46. The molecule has 1 aliphatic rings. The molecule has 0 atom stereocenters. The number of amides is 1. The van der Waals surface area contributed by atoms with Gasteiger partial charge in [-0.25, -0.2) is 9.79 Å². The number of methoxy groups -OCH3 is 2. The number of aromatic nitrogens is 2. The van der Waals surface area contributed by atoms with E-state index in [2.05, 4.69) is 10.3 Å². The lowest BCUT2D eigenvalue weighted by atomic mass is 10.2. The molecule has 8 nitrogen and oxygen atoms in total. The van der Waals surface area contributed by atoms with E-state index < -0.39 is 0 Å². The molecule has 0 saturated carbocycles. The molecule has 9 heteroatoms. The third-order valence-corrected chi connectivity index (χ3v) is 5.65. The molecule has 0 aliphatic carbocycles. The zero-order valence-electron chi connectivity index (χ0n) is 16.9. The van der Waals surface area contributed by atoms with Gasteiger partial charge in [0.15, 0.2) is 0 Å². The fourth-order valence-corrected chi connectivity index (χ4v) is 4.00. The summed E-state index contributed by atoms with van der Waals surface area (Å²) in [5, 5.41) is 2.57. The van der Waals surface area contributed by atoms with E-state index in [9.17, 15) is 9.59 Å². The molecule has 4 rings (SSSR count). The van der Waals surface area contributed by atoms with E-state index >= 15 is 0 Å². The van der Waals surface area contributed by atoms with Crippen molar-refractivity contribution >= 4 is 45.6 Å². The lowest BCUT2D eigenvalue weighted by Gasteiger charge is -2.06. The Morgan fingerprint density at radius 1 is 0.967 bits per heavy atom. The van der Waals surface area contributed by atoms with Crippen molar-refractivity contribution in [1.82, 2.24) is 14.5 Å². The van der Waals surface area contributed by atoms with Crippen molar-refractivity contribution in [2.24, 2.45) is 19.1 Å². The normalized spacial score (nSPS) is 16.5. The van der Waals surface area contributed by atoms with Gasteiger partial charge < -0.3 is 14.8 Å². The minimum absolute atomic E-state index is 0.0869. The molecule has 0 unspecified atom stereocenters. The van der Waals surface area contributed by atoms with Gasteiger partial charge in [-0.3, -0.25) is 13.9 Å². The largest absolute Gasteiger partial charge is 0.497 e. The summed E-state index contributed by atoms with van der Waals surface area (Å²) < 4.78 is 13.8. The summed E-state index contributed by atoms with van der Waals surface area (Å²) in [4.78, 5) is 29.5. The Bertz CT molecular complexity index is 1260. The van der Waals surface area contributed by atoms with Crippen LogP contribution in [0.3, 0.4) is 0 Å². The van der Waals surface area contributed by atoms with Gasteiger partial charge in [0, 0.05) is 32.3 Å². The molecule has 1 N–H and O–H groups in total. The number of fused-ring (bicyclic) bond motifs is 1. The predicted molar refractivity (Wildman–Crippen MR) is 119 cm³/mol. The van der Waals surface area contributed by atoms with Gasteiger partial charge in [-0.15, -0.1) is 0 Å². The van der Waals surface area contributed by atoms with Gasteiger partial charge in [-0.05, 0) is 35.5 Å². The van der Waals surface area contributed by atoms with E-state index in [-0.39, 0.29) is 10.9 Å². The van der Waals surface area contributed by atoms with Crippen LogP contribution in [0.2, 0.25) is 0 Å². The lowest BCUT2D eigenvalue weighted by Crippen LogP contribution is -2.19. The van der Waals surface area contributed by atoms with Crippen molar-refractivity contribution in [2.45, 2.75) is 0 Å². The van der Waals surface area contributed by atoms with Crippen LogP contribution in [0.4, 0.5) is 10.5 Å². The number of rotatable bonds is 4. The number of amidine groups is 1. The predicted octanol–water partition coefficient (Wildman–Crippen LogP) is 3.42. The molecule has 1 amide bonds. The third kappa shape index (κ3) is 3.59. The van der Waals surface area contributed by atoms with Gasteiger partial charge in [-0.2, -0.15) is 0 Å². The highest BCUT2D eigenvalue weighted by Crippen LogP contribution is 2.32. The molecular formula is C21H20N4O4S. The lowest BCUT2D eigenvalue weighted by molar-refractivity contribution is 0.265. The summed E-state index contributed by atoms with van der Waals surface area (Å²) >= 11 is 1.07. The summed E-state index contributed by atoms with van der Waals surface area (Å²) in [7, 11) is 6.61. The van der Waals surface area contributed by atoms with Crippen LogP contribution in [0.15, 0.2) is 51.1 Å². The molecule has 0 radical (unpaired) electrons. The van der Waals surface area contributed by atoms with Gasteiger partial charge in [0.1, 0.15) is 17.3 Å². The Labute approximate surface area is 176 Å². The number of hydrogen-bond acceptors (Lipinski definition) is 6. The van der Waals surface area contributed by atoms with Crippen molar-refractivity contribution in [1.29, 1.82) is 0 Å². The first kappa shape index (κ1) is 19.8. The summed E-state index contributed by atoms with van der Waals surface area (Å²) in [6.45, 7) is 0. The first-order chi connectivity index (χ1) is 14.4. The van der Waals surface area contributed by atoms with Crippen molar-refractivity contribution in [3.63, 3.8) is 0 Å². The average molecular weight is 424 g/mol. The Morgan fingerprint density at radius 2 is 1.63 bits per heavy atom. The summed E-state index contributed by atoms with van der Waals surface area (Å²) in [6.07, 6.45) is 1.87. The van der Waals surface area contributed by atoms with E-state index in [0.717, 1.165) is 28.4 Å². The van der Waals surface area contributed by atoms with Gasteiger partial charge >= 0.3 is 5.69 Å². The van der Waals surface area contributed by atoms with Crippen LogP contribution in [0.1, 0.15) is 5.56 Å². The second-order valence-corrected chi connectivity index (χ2v) is 7.72. The monoisotopic (exact) mass is 424 g/mol. The highest BCUT2D eigenvalue weighted by molar-refractivity contribution is 8.18. The van der Waals surface area contributed by atoms with Gasteiger partial charge in [-0.1, -0.05) is 6.07 Å². The highest BCUT2D eigenvalue weighted by atomic mass is 32.2. The molecule has 2 aromatic carbocycles. The topological polar surface area (TPSA) is 86.9 Å². The number of carbonyl (C=O) groups is 1. The molecule has 3 aromatic rings. The van der Waals surface area contributed by atoms with Crippen LogP contribution in [-0.2, 0) is 14.1 Å². The third-order valence-electron chi connectivity index (χ3n) is 4.83. The number of aryl methyl sites for hydroxylation is 2. The smallest absolute Gasteiger partial charge is 0.328 e. The van der Waals surface area contributed by atoms with E-state index in [0.29, 0.717) is 27.9 Å². The Balaban J connectivity index is 1.76. The minimum atomic E-state index is -0.206. The van der Waals surface area contributed by atoms with Crippen LogP contribution in [0.5, 0.6) is 11.5 Å². The van der Waals surface area contributed by atoms with Crippen molar-refractivity contribution in [3.05, 3.63) is 57.4 Å². The number of benzene rings is 2. The fraction of sp³-hybridized carbons (Fsp3) is 0.190. The second-order valence-electron chi connectivity index (χ2n) is 6.70. The first-order valence-electron chi connectivity index (χ1n) is 9.07. The van der Waals surface area contributed by atoms with Crippen LogP contribution >= 0.6 is 11.8 Å². The summed E-state index contributed by atoms with van der Waals surface area (Å²) in [5.41, 5.74) is 3.02. The van der Waals surface area contributed by atoms with Crippen LogP contribution in [0, 0.1) is 0 Å². The molecule has 1 fully saturated rings. The molecular weight excluding hydrogens is 404 g/mol. The standard InChI is InChI=1S/C21H20N4O4S/c1-24-16-6-5-12(7-17(16)25(2)21(24)27)8-18-19(23-20(26)30-18)22-13-9-14(28-3)11-15(10-13)29-4/h5-11H,1-4H3,(H,22,23,26)/b18-8-. The molecule has 1 aromatic heterocycles.